The van der Waals surface area contributed by atoms with Crippen molar-refractivity contribution in [2.75, 3.05) is 20.8 Å². The molecule has 2 heterocycles. The first-order valence-corrected chi connectivity index (χ1v) is 12.2. The largest absolute Gasteiger partial charge is 0.493 e. The van der Waals surface area contributed by atoms with E-state index >= 15 is 0 Å². The molecule has 2 aromatic carbocycles. The van der Waals surface area contributed by atoms with Crippen molar-refractivity contribution in [3.63, 3.8) is 0 Å². The number of benzene rings is 2. The molecule has 1 aliphatic heterocycles. The summed E-state index contributed by atoms with van der Waals surface area (Å²) in [6, 6.07) is 12.4. The monoisotopic (exact) mass is 542 g/mol. The molecule has 0 fully saturated rings. The molecule has 1 atom stereocenters. The highest BCUT2D eigenvalue weighted by molar-refractivity contribution is 9.10. The maximum absolute atomic E-state index is 13.6. The number of allylic oxidation sites excluding steroid dienone is 1. The number of carbonyl (C=O) groups excluding carboxylic acids is 1. The standard InChI is InChI=1S/C25H23BrN2O5S/c1-5-33-19-13-17(26)16(11-18(19)31-3)12-20-23(29)28-22(15-9-7-6-8-10-15)21(24(30)32-4)14(2)27-25(28)34-20/h6-13,22H,5H2,1-4H3. The predicted octanol–water partition coefficient (Wildman–Crippen LogP) is 3.58. The van der Waals surface area contributed by atoms with Crippen molar-refractivity contribution in [1.29, 1.82) is 0 Å². The van der Waals surface area contributed by atoms with Gasteiger partial charge in [-0.2, -0.15) is 0 Å². The summed E-state index contributed by atoms with van der Waals surface area (Å²) >= 11 is 4.83. The van der Waals surface area contributed by atoms with Crippen LogP contribution in [0.4, 0.5) is 0 Å². The van der Waals surface area contributed by atoms with Gasteiger partial charge in [-0.15, -0.1) is 0 Å². The van der Waals surface area contributed by atoms with Crippen LogP contribution in [0.15, 0.2) is 68.0 Å². The molecule has 1 aromatic heterocycles. The molecule has 9 heteroatoms. The molecule has 0 spiro atoms. The Morgan fingerprint density at radius 2 is 1.94 bits per heavy atom. The molecule has 0 saturated carbocycles. The van der Waals surface area contributed by atoms with Crippen molar-refractivity contribution in [3.05, 3.63) is 89.0 Å². The molecule has 0 bridgehead atoms. The number of thiazole rings is 1. The summed E-state index contributed by atoms with van der Waals surface area (Å²) < 4.78 is 18.9. The molecular weight excluding hydrogens is 520 g/mol. The average Bonchev–Trinajstić information content (AvgIpc) is 3.14. The summed E-state index contributed by atoms with van der Waals surface area (Å²) in [7, 11) is 2.90. The Morgan fingerprint density at radius 1 is 1.21 bits per heavy atom. The molecule has 0 saturated heterocycles. The van der Waals surface area contributed by atoms with E-state index in [-0.39, 0.29) is 5.56 Å². The number of nitrogens with zero attached hydrogens (tertiary/aromatic N) is 2. The maximum atomic E-state index is 13.6. The van der Waals surface area contributed by atoms with Crippen molar-refractivity contribution in [2.24, 2.45) is 4.99 Å². The van der Waals surface area contributed by atoms with Crippen LogP contribution in [0.3, 0.4) is 0 Å². The molecule has 1 aliphatic rings. The number of esters is 1. The number of fused-ring (bicyclic) bond motifs is 1. The number of hydrogen-bond acceptors (Lipinski definition) is 7. The molecule has 4 rings (SSSR count). The third kappa shape index (κ3) is 4.33. The predicted molar refractivity (Wildman–Crippen MR) is 134 cm³/mol. The maximum Gasteiger partial charge on any atom is 0.338 e. The van der Waals surface area contributed by atoms with Crippen LogP contribution in [0, 0.1) is 0 Å². The highest BCUT2D eigenvalue weighted by atomic mass is 79.9. The Labute approximate surface area is 208 Å². The molecule has 7 nitrogen and oxygen atoms in total. The third-order valence-corrected chi connectivity index (χ3v) is 7.08. The second-order valence-electron chi connectivity index (χ2n) is 7.44. The Morgan fingerprint density at radius 3 is 2.59 bits per heavy atom. The van der Waals surface area contributed by atoms with E-state index in [1.165, 1.54) is 18.4 Å². The Hall–Kier alpha value is -3.17. The summed E-state index contributed by atoms with van der Waals surface area (Å²) in [6.45, 7) is 4.16. The highest BCUT2D eigenvalue weighted by Gasteiger charge is 2.32. The molecule has 1 unspecified atom stereocenters. The zero-order valence-electron chi connectivity index (χ0n) is 19.1. The number of ether oxygens (including phenoxy) is 3. The second-order valence-corrected chi connectivity index (χ2v) is 9.31. The van der Waals surface area contributed by atoms with Gasteiger partial charge in [-0.3, -0.25) is 9.36 Å². The van der Waals surface area contributed by atoms with E-state index < -0.39 is 12.0 Å². The average molecular weight is 543 g/mol. The van der Waals surface area contributed by atoms with Crippen LogP contribution in [-0.2, 0) is 9.53 Å². The quantitative estimate of drug-likeness (QED) is 0.445. The van der Waals surface area contributed by atoms with E-state index in [0.29, 0.717) is 38.7 Å². The van der Waals surface area contributed by atoms with E-state index in [1.54, 1.807) is 24.7 Å². The van der Waals surface area contributed by atoms with Gasteiger partial charge in [0, 0.05) is 4.47 Å². The first kappa shape index (κ1) is 24.0. The molecule has 34 heavy (non-hydrogen) atoms. The number of methoxy groups -OCH3 is 2. The lowest BCUT2D eigenvalue weighted by Crippen LogP contribution is -2.39. The lowest BCUT2D eigenvalue weighted by atomic mass is 9.96. The van der Waals surface area contributed by atoms with Gasteiger partial charge >= 0.3 is 5.97 Å². The first-order chi connectivity index (χ1) is 16.4. The number of hydrogen-bond donors (Lipinski definition) is 0. The van der Waals surface area contributed by atoms with Crippen molar-refractivity contribution in [2.45, 2.75) is 19.9 Å². The highest BCUT2D eigenvalue weighted by Crippen LogP contribution is 2.34. The molecule has 0 amide bonds. The smallest absolute Gasteiger partial charge is 0.338 e. The lowest BCUT2D eigenvalue weighted by Gasteiger charge is -2.24. The van der Waals surface area contributed by atoms with Crippen LogP contribution in [-0.4, -0.2) is 31.4 Å². The van der Waals surface area contributed by atoms with Crippen LogP contribution in [0.1, 0.15) is 31.0 Å². The molecule has 176 valence electrons. The van der Waals surface area contributed by atoms with E-state index in [4.69, 9.17) is 14.2 Å². The summed E-state index contributed by atoms with van der Waals surface area (Å²) in [6.07, 6.45) is 1.78. The van der Waals surface area contributed by atoms with Crippen LogP contribution in [0.5, 0.6) is 11.5 Å². The van der Waals surface area contributed by atoms with Gasteiger partial charge in [0.25, 0.3) is 5.56 Å². The molecule has 0 aliphatic carbocycles. The van der Waals surface area contributed by atoms with Gasteiger partial charge in [-0.1, -0.05) is 57.6 Å². The van der Waals surface area contributed by atoms with Crippen molar-refractivity contribution in [3.8, 4) is 11.5 Å². The zero-order chi connectivity index (χ0) is 24.4. The van der Waals surface area contributed by atoms with Gasteiger partial charge in [-0.05, 0) is 43.2 Å². The number of rotatable bonds is 6. The first-order valence-electron chi connectivity index (χ1n) is 10.6. The van der Waals surface area contributed by atoms with Gasteiger partial charge in [0.15, 0.2) is 16.3 Å². The van der Waals surface area contributed by atoms with Crippen LogP contribution >= 0.6 is 27.3 Å². The van der Waals surface area contributed by atoms with Crippen molar-refractivity contribution in [1.82, 2.24) is 4.57 Å². The van der Waals surface area contributed by atoms with Crippen molar-refractivity contribution < 1.29 is 19.0 Å². The van der Waals surface area contributed by atoms with Crippen LogP contribution in [0.2, 0.25) is 0 Å². The minimum Gasteiger partial charge on any atom is -0.493 e. The van der Waals surface area contributed by atoms with Gasteiger partial charge in [0.05, 0.1) is 42.7 Å². The normalized spacial score (nSPS) is 15.6. The van der Waals surface area contributed by atoms with Gasteiger partial charge in [-0.25, -0.2) is 9.79 Å². The van der Waals surface area contributed by atoms with Crippen LogP contribution < -0.4 is 24.4 Å². The van der Waals surface area contributed by atoms with Crippen molar-refractivity contribution >= 4 is 39.3 Å². The Bertz CT molecular complexity index is 1460. The second kappa shape index (κ2) is 9.99. The minimum absolute atomic E-state index is 0.244. The van der Waals surface area contributed by atoms with E-state index in [2.05, 4.69) is 20.9 Å². The van der Waals surface area contributed by atoms with Gasteiger partial charge in [0.1, 0.15) is 0 Å². The SMILES string of the molecule is CCOc1cc(Br)c(C=c2sc3n(c2=O)C(c2ccccc2)C(C(=O)OC)=C(C)N=3)cc1OC. The molecule has 0 N–H and O–H groups in total. The lowest BCUT2D eigenvalue weighted by molar-refractivity contribution is -0.136. The number of aromatic nitrogens is 1. The Kier molecular flexibility index (Phi) is 7.04. The number of halogens is 1. The molecular formula is C25H23BrN2O5S. The summed E-state index contributed by atoms with van der Waals surface area (Å²) in [5.41, 5.74) is 2.18. The fourth-order valence-corrected chi connectivity index (χ4v) is 5.35. The van der Waals surface area contributed by atoms with Gasteiger partial charge in [0.2, 0.25) is 0 Å². The van der Waals surface area contributed by atoms with E-state index in [1.807, 2.05) is 49.4 Å². The zero-order valence-corrected chi connectivity index (χ0v) is 21.5. The molecule has 0 radical (unpaired) electrons. The van der Waals surface area contributed by atoms with Crippen LogP contribution in [0.25, 0.3) is 6.08 Å². The summed E-state index contributed by atoms with van der Waals surface area (Å²) in [5, 5.41) is 0. The fraction of sp³-hybridized carbons (Fsp3) is 0.240. The van der Waals surface area contributed by atoms with Gasteiger partial charge < -0.3 is 14.2 Å². The number of carbonyl (C=O) groups is 1. The third-order valence-electron chi connectivity index (χ3n) is 5.41. The fourth-order valence-electron chi connectivity index (χ4n) is 3.87. The minimum atomic E-state index is -0.634. The molecule has 3 aromatic rings. The Balaban J connectivity index is 1.94. The van der Waals surface area contributed by atoms with E-state index in [0.717, 1.165) is 15.6 Å². The summed E-state index contributed by atoms with van der Waals surface area (Å²) in [4.78, 5) is 31.4. The topological polar surface area (TPSA) is 79.1 Å². The summed E-state index contributed by atoms with van der Waals surface area (Å²) in [5.74, 6) is 0.663. The van der Waals surface area contributed by atoms with E-state index in [9.17, 15) is 9.59 Å².